The Morgan fingerprint density at radius 3 is 2.37 bits per heavy atom. The Kier molecular flexibility index (Phi) is 6.06. The molecule has 0 fully saturated rings. The largest absolute Gasteiger partial charge is 0.459 e. The molecular formula is C15H20O4. The summed E-state index contributed by atoms with van der Waals surface area (Å²) < 4.78 is 10.2. The van der Waals surface area contributed by atoms with Gasteiger partial charge in [0.15, 0.2) is 0 Å². The molecule has 0 heterocycles. The number of ether oxygens (including phenoxy) is 2. The fraction of sp³-hybridized carbons (Fsp3) is 0.467. The van der Waals surface area contributed by atoms with Crippen LogP contribution in [0.5, 0.6) is 5.75 Å². The molecule has 0 saturated carbocycles. The smallest absolute Gasteiger partial charge is 0.338 e. The maximum Gasteiger partial charge on any atom is 0.338 e. The Morgan fingerprint density at radius 1 is 1.21 bits per heavy atom. The normalized spacial score (nSPS) is 11.7. The highest BCUT2D eigenvalue weighted by Crippen LogP contribution is 2.14. The quantitative estimate of drug-likeness (QED) is 0.584. The number of benzene rings is 1. The van der Waals surface area contributed by atoms with Crippen molar-refractivity contribution in [2.24, 2.45) is 0 Å². The van der Waals surface area contributed by atoms with Crippen LogP contribution in [-0.2, 0) is 9.53 Å². The third-order valence-electron chi connectivity index (χ3n) is 2.62. The molecule has 0 radical (unpaired) electrons. The van der Waals surface area contributed by atoms with Crippen LogP contribution in [0.15, 0.2) is 24.3 Å². The molecule has 1 aromatic rings. The van der Waals surface area contributed by atoms with Crippen LogP contribution in [0.2, 0.25) is 0 Å². The van der Waals surface area contributed by atoms with Crippen LogP contribution in [0, 0.1) is 0 Å². The lowest BCUT2D eigenvalue weighted by molar-refractivity contribution is -0.131. The van der Waals surface area contributed by atoms with E-state index in [4.69, 9.17) is 9.47 Å². The highest BCUT2D eigenvalue weighted by Gasteiger charge is 2.11. The molecule has 0 saturated heterocycles. The minimum Gasteiger partial charge on any atom is -0.459 e. The Hall–Kier alpha value is -1.84. The minimum atomic E-state index is -0.386. The lowest BCUT2D eigenvalue weighted by atomic mass is 10.2. The van der Waals surface area contributed by atoms with Gasteiger partial charge in [0, 0.05) is 6.92 Å². The molecule has 1 aromatic carbocycles. The number of carbonyl (C=O) groups is 2. The number of rotatable bonds is 6. The van der Waals surface area contributed by atoms with Gasteiger partial charge in [0.1, 0.15) is 5.75 Å². The van der Waals surface area contributed by atoms with Gasteiger partial charge in [-0.15, -0.1) is 0 Å². The van der Waals surface area contributed by atoms with E-state index in [9.17, 15) is 9.59 Å². The molecular weight excluding hydrogens is 244 g/mol. The van der Waals surface area contributed by atoms with E-state index in [1.165, 1.54) is 6.92 Å². The van der Waals surface area contributed by atoms with Crippen LogP contribution < -0.4 is 4.74 Å². The molecule has 0 amide bonds. The number of esters is 2. The number of unbranched alkanes of at least 4 members (excludes halogenated alkanes) is 1. The third-order valence-corrected chi connectivity index (χ3v) is 2.62. The molecule has 4 nitrogen and oxygen atoms in total. The van der Waals surface area contributed by atoms with Crippen molar-refractivity contribution in [3.05, 3.63) is 29.8 Å². The van der Waals surface area contributed by atoms with Gasteiger partial charge < -0.3 is 9.47 Å². The van der Waals surface area contributed by atoms with Gasteiger partial charge in [0.2, 0.25) is 0 Å². The molecule has 19 heavy (non-hydrogen) atoms. The van der Waals surface area contributed by atoms with Crippen LogP contribution in [0.4, 0.5) is 0 Å². The van der Waals surface area contributed by atoms with Crippen LogP contribution in [0.25, 0.3) is 0 Å². The summed E-state index contributed by atoms with van der Waals surface area (Å²) in [4.78, 5) is 22.6. The maximum absolute atomic E-state index is 11.8. The fourth-order valence-corrected chi connectivity index (χ4v) is 1.63. The molecule has 4 heteroatoms. The van der Waals surface area contributed by atoms with Crippen molar-refractivity contribution >= 4 is 11.9 Å². The van der Waals surface area contributed by atoms with Crippen molar-refractivity contribution in [1.29, 1.82) is 0 Å². The molecule has 0 aliphatic rings. The van der Waals surface area contributed by atoms with Crippen LogP contribution >= 0.6 is 0 Å². The van der Waals surface area contributed by atoms with E-state index in [0.717, 1.165) is 19.3 Å². The second kappa shape index (κ2) is 7.56. The lowest BCUT2D eigenvalue weighted by Crippen LogP contribution is -2.15. The Morgan fingerprint density at radius 2 is 1.84 bits per heavy atom. The van der Waals surface area contributed by atoms with Crippen molar-refractivity contribution in [3.8, 4) is 5.75 Å². The van der Waals surface area contributed by atoms with Gasteiger partial charge in [0.25, 0.3) is 0 Å². The molecule has 1 atom stereocenters. The first-order chi connectivity index (χ1) is 9.02. The van der Waals surface area contributed by atoms with Gasteiger partial charge in [-0.3, -0.25) is 4.79 Å². The first-order valence-electron chi connectivity index (χ1n) is 6.52. The predicted octanol–water partition coefficient (Wildman–Crippen LogP) is 3.35. The van der Waals surface area contributed by atoms with E-state index >= 15 is 0 Å². The Labute approximate surface area is 113 Å². The summed E-state index contributed by atoms with van der Waals surface area (Å²) in [5.41, 5.74) is 0.458. The summed E-state index contributed by atoms with van der Waals surface area (Å²) in [7, 11) is 0. The van der Waals surface area contributed by atoms with Gasteiger partial charge in [-0.1, -0.05) is 19.8 Å². The molecule has 0 aliphatic heterocycles. The molecule has 0 spiro atoms. The lowest BCUT2D eigenvalue weighted by Gasteiger charge is -2.12. The average Bonchev–Trinajstić information content (AvgIpc) is 2.36. The van der Waals surface area contributed by atoms with Crippen LogP contribution in [0.3, 0.4) is 0 Å². The molecule has 0 N–H and O–H groups in total. The van der Waals surface area contributed by atoms with Crippen molar-refractivity contribution in [2.75, 3.05) is 0 Å². The summed E-state index contributed by atoms with van der Waals surface area (Å²) in [6, 6.07) is 6.34. The topological polar surface area (TPSA) is 52.6 Å². The minimum absolute atomic E-state index is 0.0828. The first-order valence-corrected chi connectivity index (χ1v) is 6.52. The predicted molar refractivity (Wildman–Crippen MR) is 72.2 cm³/mol. The van der Waals surface area contributed by atoms with Gasteiger partial charge in [-0.05, 0) is 37.6 Å². The molecule has 104 valence electrons. The highest BCUT2D eigenvalue weighted by atomic mass is 16.5. The number of carbonyl (C=O) groups excluding carboxylic acids is 2. The van der Waals surface area contributed by atoms with Crippen molar-refractivity contribution < 1.29 is 19.1 Å². The first kappa shape index (κ1) is 15.2. The maximum atomic E-state index is 11.8. The van der Waals surface area contributed by atoms with E-state index in [-0.39, 0.29) is 18.0 Å². The van der Waals surface area contributed by atoms with Crippen LogP contribution in [0.1, 0.15) is 50.4 Å². The van der Waals surface area contributed by atoms with Crippen molar-refractivity contribution in [3.63, 3.8) is 0 Å². The molecule has 1 unspecified atom stereocenters. The van der Waals surface area contributed by atoms with E-state index in [1.54, 1.807) is 24.3 Å². The second-order valence-corrected chi connectivity index (χ2v) is 4.48. The second-order valence-electron chi connectivity index (χ2n) is 4.48. The summed E-state index contributed by atoms with van der Waals surface area (Å²) in [6.07, 6.45) is 2.91. The van der Waals surface area contributed by atoms with Gasteiger partial charge in [-0.2, -0.15) is 0 Å². The Balaban J connectivity index is 2.55. The van der Waals surface area contributed by atoms with E-state index in [1.807, 2.05) is 6.92 Å². The van der Waals surface area contributed by atoms with Gasteiger partial charge in [-0.25, -0.2) is 4.79 Å². The molecule has 0 aliphatic carbocycles. The van der Waals surface area contributed by atoms with Crippen molar-refractivity contribution in [2.45, 2.75) is 46.1 Å². The Bertz CT molecular complexity index is 422. The molecule has 0 bridgehead atoms. The summed E-state index contributed by atoms with van der Waals surface area (Å²) in [6.45, 7) is 5.32. The van der Waals surface area contributed by atoms with Gasteiger partial charge >= 0.3 is 11.9 Å². The SMILES string of the molecule is CCCCC(C)OC(=O)c1ccc(OC(C)=O)cc1. The zero-order valence-electron chi connectivity index (χ0n) is 11.6. The summed E-state index contributed by atoms with van der Waals surface area (Å²) in [5.74, 6) is -0.315. The van der Waals surface area contributed by atoms with E-state index in [0.29, 0.717) is 11.3 Å². The van der Waals surface area contributed by atoms with E-state index < -0.39 is 0 Å². The van der Waals surface area contributed by atoms with Crippen molar-refractivity contribution in [1.82, 2.24) is 0 Å². The summed E-state index contributed by atoms with van der Waals surface area (Å²) >= 11 is 0. The van der Waals surface area contributed by atoms with Gasteiger partial charge in [0.05, 0.1) is 11.7 Å². The number of hydrogen-bond donors (Lipinski definition) is 0. The monoisotopic (exact) mass is 264 g/mol. The zero-order chi connectivity index (χ0) is 14.3. The zero-order valence-corrected chi connectivity index (χ0v) is 11.6. The highest BCUT2D eigenvalue weighted by molar-refractivity contribution is 5.89. The molecule has 0 aromatic heterocycles. The van der Waals surface area contributed by atoms with Crippen LogP contribution in [-0.4, -0.2) is 18.0 Å². The molecule has 1 rings (SSSR count). The number of hydrogen-bond acceptors (Lipinski definition) is 4. The summed E-state index contributed by atoms with van der Waals surface area (Å²) in [5, 5.41) is 0. The fourth-order valence-electron chi connectivity index (χ4n) is 1.63. The standard InChI is InChI=1S/C15H20O4/c1-4-5-6-11(2)18-15(17)13-7-9-14(10-8-13)19-12(3)16/h7-11H,4-6H2,1-3H3. The average molecular weight is 264 g/mol. The third kappa shape index (κ3) is 5.55. The van der Waals surface area contributed by atoms with E-state index in [2.05, 4.69) is 6.92 Å².